The normalized spacial score (nSPS) is 10.9. The van der Waals surface area contributed by atoms with Crippen LogP contribution in [-0.2, 0) is 7.05 Å². The molecule has 27 heavy (non-hydrogen) atoms. The highest BCUT2D eigenvalue weighted by atomic mass is 79.9. The molecule has 0 radical (unpaired) electrons. The second-order valence-electron chi connectivity index (χ2n) is 5.69. The highest BCUT2D eigenvalue weighted by Gasteiger charge is 2.25. The molecule has 0 amide bonds. The number of aromatic nitrogens is 2. The molecular formula is C17H12BrF3N4O2. The van der Waals surface area contributed by atoms with Crippen LogP contribution in [-0.4, -0.2) is 14.7 Å². The summed E-state index contributed by atoms with van der Waals surface area (Å²) in [6.45, 7) is 1.59. The number of nitrogens with one attached hydrogen (secondary N) is 1. The largest absolute Gasteiger partial charge is 0.332 e. The third-order valence-corrected chi connectivity index (χ3v) is 4.54. The number of benzene rings is 2. The Hall–Kier alpha value is -2.88. The zero-order valence-corrected chi connectivity index (χ0v) is 15.6. The summed E-state index contributed by atoms with van der Waals surface area (Å²) in [5, 5.41) is 18.0. The Kier molecular flexibility index (Phi) is 4.92. The zero-order chi connectivity index (χ0) is 19.9. The molecule has 1 aromatic heterocycles. The molecule has 6 nitrogen and oxygen atoms in total. The molecule has 0 spiro atoms. The van der Waals surface area contributed by atoms with E-state index >= 15 is 0 Å². The smallest absolute Gasteiger partial charge is 0.295 e. The Morgan fingerprint density at radius 1 is 1.19 bits per heavy atom. The number of para-hydroxylation sites is 1. The average molecular weight is 441 g/mol. The van der Waals surface area contributed by atoms with Gasteiger partial charge in [-0.2, -0.15) is 5.10 Å². The molecule has 0 saturated heterocycles. The molecule has 0 aliphatic carbocycles. The third kappa shape index (κ3) is 3.39. The van der Waals surface area contributed by atoms with E-state index in [-0.39, 0.29) is 27.1 Å². The lowest BCUT2D eigenvalue weighted by Crippen LogP contribution is -2.05. The van der Waals surface area contributed by atoms with Crippen molar-refractivity contribution in [1.29, 1.82) is 0 Å². The monoisotopic (exact) mass is 440 g/mol. The van der Waals surface area contributed by atoms with Crippen molar-refractivity contribution in [2.24, 2.45) is 7.05 Å². The molecule has 0 saturated carbocycles. The van der Waals surface area contributed by atoms with Gasteiger partial charge >= 0.3 is 0 Å². The minimum atomic E-state index is -0.857. The molecule has 0 atom stereocenters. The van der Waals surface area contributed by atoms with Gasteiger partial charge in [-0.3, -0.25) is 14.8 Å². The van der Waals surface area contributed by atoms with E-state index in [1.165, 1.54) is 17.8 Å². The summed E-state index contributed by atoms with van der Waals surface area (Å²) in [5.41, 5.74) is -0.281. The average Bonchev–Trinajstić information content (AvgIpc) is 2.82. The molecule has 3 aromatic rings. The summed E-state index contributed by atoms with van der Waals surface area (Å²) in [6, 6.07) is 5.21. The predicted molar refractivity (Wildman–Crippen MR) is 97.3 cm³/mol. The van der Waals surface area contributed by atoms with Crippen LogP contribution in [0.4, 0.5) is 30.4 Å². The molecule has 10 heteroatoms. The number of hydrogen-bond acceptors (Lipinski definition) is 4. The van der Waals surface area contributed by atoms with E-state index in [0.717, 1.165) is 18.2 Å². The fourth-order valence-electron chi connectivity index (χ4n) is 2.79. The van der Waals surface area contributed by atoms with Crippen LogP contribution in [0, 0.1) is 34.5 Å². The van der Waals surface area contributed by atoms with E-state index in [9.17, 15) is 23.3 Å². The predicted octanol–water partition coefficient (Wildman–Crippen LogP) is 5.23. The van der Waals surface area contributed by atoms with Crippen molar-refractivity contribution in [3.63, 3.8) is 0 Å². The second kappa shape index (κ2) is 7.03. The van der Waals surface area contributed by atoms with Gasteiger partial charge in [0.25, 0.3) is 5.69 Å². The van der Waals surface area contributed by atoms with Gasteiger partial charge < -0.3 is 5.32 Å². The number of aryl methyl sites for hydroxylation is 2. The van der Waals surface area contributed by atoms with Crippen LogP contribution in [0.2, 0.25) is 0 Å². The number of rotatable bonds is 4. The van der Waals surface area contributed by atoms with Gasteiger partial charge in [-0.05, 0) is 35.0 Å². The van der Waals surface area contributed by atoms with Crippen molar-refractivity contribution in [3.05, 3.63) is 68.1 Å². The fourth-order valence-corrected chi connectivity index (χ4v) is 3.40. The molecule has 140 valence electrons. The Balaban J connectivity index is 2.23. The highest BCUT2D eigenvalue weighted by molar-refractivity contribution is 9.10. The van der Waals surface area contributed by atoms with E-state index in [1.54, 1.807) is 6.92 Å². The lowest BCUT2D eigenvalue weighted by molar-refractivity contribution is -0.384. The zero-order valence-electron chi connectivity index (χ0n) is 14.1. The molecule has 0 aliphatic heterocycles. The molecule has 1 N–H and O–H groups in total. The first-order chi connectivity index (χ1) is 12.7. The Morgan fingerprint density at radius 3 is 2.52 bits per heavy atom. The summed E-state index contributed by atoms with van der Waals surface area (Å²) >= 11 is 3.12. The molecule has 3 rings (SSSR count). The molecular weight excluding hydrogens is 429 g/mol. The van der Waals surface area contributed by atoms with E-state index in [1.807, 2.05) is 0 Å². The summed E-state index contributed by atoms with van der Waals surface area (Å²) in [6.07, 6.45) is 0. The maximum absolute atomic E-state index is 14.5. The van der Waals surface area contributed by atoms with E-state index in [4.69, 9.17) is 0 Å². The number of nitro groups is 1. The first kappa shape index (κ1) is 18.9. The summed E-state index contributed by atoms with van der Waals surface area (Å²) < 4.78 is 43.6. The van der Waals surface area contributed by atoms with E-state index < -0.39 is 28.1 Å². The van der Waals surface area contributed by atoms with E-state index in [2.05, 4.69) is 26.3 Å². The van der Waals surface area contributed by atoms with Gasteiger partial charge in [0.2, 0.25) is 0 Å². The number of anilines is 2. The first-order valence-electron chi connectivity index (χ1n) is 7.59. The molecule has 2 aromatic carbocycles. The highest BCUT2D eigenvalue weighted by Crippen LogP contribution is 2.41. The third-order valence-electron chi connectivity index (χ3n) is 3.91. The Bertz CT molecular complexity index is 1050. The maximum Gasteiger partial charge on any atom is 0.295 e. The molecule has 0 fully saturated rings. The van der Waals surface area contributed by atoms with Gasteiger partial charge in [-0.1, -0.05) is 6.07 Å². The van der Waals surface area contributed by atoms with Gasteiger partial charge in [0, 0.05) is 29.2 Å². The second-order valence-corrected chi connectivity index (χ2v) is 6.55. The van der Waals surface area contributed by atoms with Crippen molar-refractivity contribution in [3.8, 4) is 11.1 Å². The first-order valence-corrected chi connectivity index (χ1v) is 8.38. The Morgan fingerprint density at radius 2 is 1.89 bits per heavy atom. The van der Waals surface area contributed by atoms with Crippen molar-refractivity contribution in [2.45, 2.75) is 6.92 Å². The van der Waals surface area contributed by atoms with Crippen LogP contribution in [0.15, 0.2) is 34.8 Å². The van der Waals surface area contributed by atoms with Crippen LogP contribution >= 0.6 is 15.9 Å². The summed E-state index contributed by atoms with van der Waals surface area (Å²) in [4.78, 5) is 10.5. The van der Waals surface area contributed by atoms with Crippen molar-refractivity contribution in [2.75, 3.05) is 5.32 Å². The lowest BCUT2D eigenvalue weighted by Gasteiger charge is -2.13. The van der Waals surface area contributed by atoms with Crippen LogP contribution < -0.4 is 5.32 Å². The van der Waals surface area contributed by atoms with Gasteiger partial charge in [-0.25, -0.2) is 13.2 Å². The molecule has 0 unspecified atom stereocenters. The van der Waals surface area contributed by atoms with Gasteiger partial charge in [-0.15, -0.1) is 0 Å². The molecule has 0 aliphatic rings. The number of hydrogen-bond donors (Lipinski definition) is 1. The minimum absolute atomic E-state index is 0.00323. The SMILES string of the molecule is Cc1nn(C)c(Nc2c(F)cccc2[N+](=O)[O-])c1-c1c(F)cc(F)cc1Br. The topological polar surface area (TPSA) is 73.0 Å². The fraction of sp³-hybridized carbons (Fsp3) is 0.118. The quantitative estimate of drug-likeness (QED) is 0.445. The van der Waals surface area contributed by atoms with Gasteiger partial charge in [0.1, 0.15) is 17.5 Å². The van der Waals surface area contributed by atoms with Crippen LogP contribution in [0.3, 0.4) is 0 Å². The summed E-state index contributed by atoms with van der Waals surface area (Å²) in [5.74, 6) is -2.37. The lowest BCUT2D eigenvalue weighted by atomic mass is 10.0. The van der Waals surface area contributed by atoms with Crippen LogP contribution in [0.1, 0.15) is 5.69 Å². The van der Waals surface area contributed by atoms with Gasteiger partial charge in [0.05, 0.1) is 16.2 Å². The molecule has 0 bridgehead atoms. The van der Waals surface area contributed by atoms with Crippen LogP contribution in [0.5, 0.6) is 0 Å². The van der Waals surface area contributed by atoms with Crippen LogP contribution in [0.25, 0.3) is 11.1 Å². The number of nitro benzene ring substituents is 1. The number of halogens is 4. The summed E-state index contributed by atoms with van der Waals surface area (Å²) in [7, 11) is 1.51. The number of nitrogens with zero attached hydrogens (tertiary/aromatic N) is 3. The minimum Gasteiger partial charge on any atom is -0.332 e. The maximum atomic E-state index is 14.5. The standard InChI is InChI=1S/C17H12BrF3N4O2/c1-8-14(15-10(18)6-9(19)7-12(15)21)17(24(2)23-8)22-16-11(20)4-3-5-13(16)25(26)27/h3-7,22H,1-2H3. The Labute approximate surface area is 159 Å². The van der Waals surface area contributed by atoms with Crippen molar-refractivity contribution < 1.29 is 18.1 Å². The van der Waals surface area contributed by atoms with Crippen molar-refractivity contribution >= 4 is 33.1 Å². The van der Waals surface area contributed by atoms with E-state index in [0.29, 0.717) is 11.8 Å². The van der Waals surface area contributed by atoms with Crippen molar-refractivity contribution in [1.82, 2.24) is 9.78 Å². The van der Waals surface area contributed by atoms with Gasteiger partial charge in [0.15, 0.2) is 11.5 Å². The molecule has 1 heterocycles.